The first kappa shape index (κ1) is 20.4. The molecule has 7 nitrogen and oxygen atoms in total. The first-order chi connectivity index (χ1) is 14.0. The molecule has 0 saturated carbocycles. The Labute approximate surface area is 172 Å². The molecule has 1 aliphatic heterocycles. The number of para-hydroxylation sites is 2. The van der Waals surface area contributed by atoms with Crippen molar-refractivity contribution in [2.75, 3.05) is 25.1 Å². The number of likely N-dealkylation sites (N-methyl/N-ethyl adjacent to an activating group) is 1. The molecule has 29 heavy (non-hydrogen) atoms. The highest BCUT2D eigenvalue weighted by Crippen LogP contribution is 2.33. The average molecular weight is 415 g/mol. The molecular weight excluding hydrogens is 396 g/mol. The number of halogens is 1. The zero-order valence-electron chi connectivity index (χ0n) is 15.6. The van der Waals surface area contributed by atoms with Crippen LogP contribution in [0.4, 0.5) is 5.69 Å². The second-order valence-electron chi connectivity index (χ2n) is 6.19. The first-order valence-corrected chi connectivity index (χ1v) is 9.24. The van der Waals surface area contributed by atoms with Crippen LogP contribution in [0, 0.1) is 0 Å². The SMILES string of the molecule is CNC(=O)C1CN(C(=O)COC(=O)/C=C/c2ccc(Cl)cc2)c2ccccc2O1. The van der Waals surface area contributed by atoms with Crippen molar-refractivity contribution in [2.24, 2.45) is 0 Å². The van der Waals surface area contributed by atoms with Gasteiger partial charge in [-0.25, -0.2) is 4.79 Å². The first-order valence-electron chi connectivity index (χ1n) is 8.86. The van der Waals surface area contributed by atoms with Crippen LogP contribution in [0.1, 0.15) is 5.56 Å². The number of ether oxygens (including phenoxy) is 2. The average Bonchev–Trinajstić information content (AvgIpc) is 2.75. The van der Waals surface area contributed by atoms with Gasteiger partial charge in [0.25, 0.3) is 11.8 Å². The van der Waals surface area contributed by atoms with Gasteiger partial charge in [0.05, 0.1) is 12.2 Å². The minimum atomic E-state index is -0.848. The number of rotatable bonds is 5. The maximum absolute atomic E-state index is 12.7. The topological polar surface area (TPSA) is 84.9 Å². The fourth-order valence-corrected chi connectivity index (χ4v) is 2.89. The predicted molar refractivity (Wildman–Crippen MR) is 109 cm³/mol. The molecule has 1 atom stereocenters. The van der Waals surface area contributed by atoms with E-state index in [1.54, 1.807) is 54.6 Å². The molecule has 1 N–H and O–H groups in total. The monoisotopic (exact) mass is 414 g/mol. The summed E-state index contributed by atoms with van der Waals surface area (Å²) in [6, 6.07) is 13.8. The van der Waals surface area contributed by atoms with Crippen LogP contribution in [0.2, 0.25) is 5.02 Å². The van der Waals surface area contributed by atoms with Crippen LogP contribution in [0.3, 0.4) is 0 Å². The highest BCUT2D eigenvalue weighted by molar-refractivity contribution is 6.30. The smallest absolute Gasteiger partial charge is 0.331 e. The zero-order valence-corrected chi connectivity index (χ0v) is 16.4. The molecule has 8 heteroatoms. The highest BCUT2D eigenvalue weighted by atomic mass is 35.5. The quantitative estimate of drug-likeness (QED) is 0.600. The van der Waals surface area contributed by atoms with Crippen molar-refractivity contribution in [1.82, 2.24) is 5.32 Å². The van der Waals surface area contributed by atoms with Gasteiger partial charge in [-0.05, 0) is 35.9 Å². The van der Waals surface area contributed by atoms with Gasteiger partial charge in [0.2, 0.25) is 0 Å². The van der Waals surface area contributed by atoms with Gasteiger partial charge < -0.3 is 19.7 Å². The summed E-state index contributed by atoms with van der Waals surface area (Å²) in [7, 11) is 1.49. The lowest BCUT2D eigenvalue weighted by atomic mass is 10.1. The van der Waals surface area contributed by atoms with E-state index in [1.807, 2.05) is 0 Å². The van der Waals surface area contributed by atoms with Gasteiger partial charge in [-0.1, -0.05) is 35.9 Å². The second kappa shape index (κ2) is 9.25. The largest absolute Gasteiger partial charge is 0.477 e. The molecule has 1 unspecified atom stereocenters. The van der Waals surface area contributed by atoms with Gasteiger partial charge >= 0.3 is 5.97 Å². The summed E-state index contributed by atoms with van der Waals surface area (Å²) >= 11 is 5.82. The van der Waals surface area contributed by atoms with Crippen molar-refractivity contribution in [3.63, 3.8) is 0 Å². The number of benzene rings is 2. The third kappa shape index (κ3) is 5.14. The van der Waals surface area contributed by atoms with E-state index in [0.717, 1.165) is 5.56 Å². The number of nitrogens with zero attached hydrogens (tertiary/aromatic N) is 1. The Bertz CT molecular complexity index is 942. The molecular formula is C21H19ClN2O5. The van der Waals surface area contributed by atoms with E-state index in [-0.39, 0.29) is 12.5 Å². The summed E-state index contributed by atoms with van der Waals surface area (Å²) in [5, 5.41) is 3.10. The van der Waals surface area contributed by atoms with Gasteiger partial charge in [0.15, 0.2) is 12.7 Å². The molecule has 2 amide bonds. The standard InChI is InChI=1S/C21H19ClN2O5/c1-23-21(27)18-12-24(16-4-2-3-5-17(16)29-18)19(25)13-28-20(26)11-8-14-6-9-15(22)10-7-14/h2-11,18H,12-13H2,1H3,(H,23,27)/b11-8+. The molecule has 0 radical (unpaired) electrons. The Morgan fingerprint density at radius 2 is 1.93 bits per heavy atom. The lowest BCUT2D eigenvalue weighted by molar-refractivity contribution is -0.143. The Morgan fingerprint density at radius 3 is 2.66 bits per heavy atom. The number of carbonyl (C=O) groups is 3. The van der Waals surface area contributed by atoms with Gasteiger partial charge in [-0.3, -0.25) is 9.59 Å². The Kier molecular flexibility index (Phi) is 6.51. The number of hydrogen-bond acceptors (Lipinski definition) is 5. The predicted octanol–water partition coefficient (Wildman–Crippen LogP) is 2.44. The second-order valence-corrected chi connectivity index (χ2v) is 6.62. The third-order valence-corrected chi connectivity index (χ3v) is 4.49. The van der Waals surface area contributed by atoms with Gasteiger partial charge in [-0.15, -0.1) is 0 Å². The Hall–Kier alpha value is -3.32. The van der Waals surface area contributed by atoms with Crippen molar-refractivity contribution in [3.05, 3.63) is 65.2 Å². The molecule has 0 spiro atoms. The van der Waals surface area contributed by atoms with Gasteiger partial charge in [0, 0.05) is 18.1 Å². The van der Waals surface area contributed by atoms with Crippen molar-refractivity contribution >= 4 is 41.1 Å². The Balaban J connectivity index is 1.64. The van der Waals surface area contributed by atoms with Crippen LogP contribution >= 0.6 is 11.6 Å². The van der Waals surface area contributed by atoms with Crippen molar-refractivity contribution in [3.8, 4) is 5.75 Å². The molecule has 0 aromatic heterocycles. The normalized spacial score (nSPS) is 15.4. The Morgan fingerprint density at radius 1 is 1.21 bits per heavy atom. The number of esters is 1. The van der Waals surface area contributed by atoms with Crippen LogP contribution in [0.25, 0.3) is 6.08 Å². The molecule has 0 bridgehead atoms. The minimum Gasteiger partial charge on any atom is -0.477 e. The van der Waals surface area contributed by atoms with Crippen molar-refractivity contribution in [2.45, 2.75) is 6.10 Å². The molecule has 150 valence electrons. The maximum Gasteiger partial charge on any atom is 0.331 e. The lowest BCUT2D eigenvalue weighted by Gasteiger charge is -2.33. The summed E-state index contributed by atoms with van der Waals surface area (Å²) in [6.07, 6.45) is 1.95. The highest BCUT2D eigenvalue weighted by Gasteiger charge is 2.33. The molecule has 2 aromatic rings. The van der Waals surface area contributed by atoms with Crippen LogP contribution in [0.15, 0.2) is 54.6 Å². The van der Waals surface area contributed by atoms with Crippen LogP contribution < -0.4 is 15.0 Å². The summed E-state index contributed by atoms with van der Waals surface area (Å²) < 4.78 is 10.7. The molecule has 1 aliphatic rings. The van der Waals surface area contributed by atoms with Crippen molar-refractivity contribution in [1.29, 1.82) is 0 Å². The van der Waals surface area contributed by atoms with Gasteiger partial charge in [0.1, 0.15) is 5.75 Å². The van der Waals surface area contributed by atoms with E-state index >= 15 is 0 Å². The summed E-state index contributed by atoms with van der Waals surface area (Å²) in [5.74, 6) is -1.05. The maximum atomic E-state index is 12.7. The molecule has 0 saturated heterocycles. The van der Waals surface area contributed by atoms with Crippen LogP contribution in [-0.2, 0) is 19.1 Å². The lowest BCUT2D eigenvalue weighted by Crippen LogP contribution is -2.51. The number of nitrogens with one attached hydrogen (secondary N) is 1. The summed E-state index contributed by atoms with van der Waals surface area (Å²) in [4.78, 5) is 38.0. The van der Waals surface area contributed by atoms with E-state index in [0.29, 0.717) is 16.5 Å². The number of hydrogen-bond donors (Lipinski definition) is 1. The third-order valence-electron chi connectivity index (χ3n) is 4.23. The fourth-order valence-electron chi connectivity index (χ4n) is 2.77. The minimum absolute atomic E-state index is 0.0215. The van der Waals surface area contributed by atoms with Crippen LogP contribution in [0.5, 0.6) is 5.75 Å². The number of fused-ring (bicyclic) bond motifs is 1. The van der Waals surface area contributed by atoms with E-state index < -0.39 is 24.6 Å². The molecule has 0 aliphatic carbocycles. The number of anilines is 1. The molecule has 2 aromatic carbocycles. The molecule has 0 fully saturated rings. The molecule has 3 rings (SSSR count). The zero-order chi connectivity index (χ0) is 20.8. The van der Waals surface area contributed by atoms with E-state index in [2.05, 4.69) is 5.32 Å². The van der Waals surface area contributed by atoms with E-state index in [9.17, 15) is 14.4 Å². The summed E-state index contributed by atoms with van der Waals surface area (Å²) in [6.45, 7) is -0.438. The number of amides is 2. The van der Waals surface area contributed by atoms with Gasteiger partial charge in [-0.2, -0.15) is 0 Å². The van der Waals surface area contributed by atoms with Crippen molar-refractivity contribution < 1.29 is 23.9 Å². The number of carbonyl (C=O) groups excluding carboxylic acids is 3. The molecule has 1 heterocycles. The van der Waals surface area contributed by atoms with E-state index in [4.69, 9.17) is 21.1 Å². The van der Waals surface area contributed by atoms with Crippen LogP contribution in [-0.4, -0.2) is 44.1 Å². The fraction of sp³-hybridized carbons (Fsp3) is 0.190. The van der Waals surface area contributed by atoms with E-state index in [1.165, 1.54) is 18.0 Å². The summed E-state index contributed by atoms with van der Waals surface area (Å²) in [5.41, 5.74) is 1.29.